The molecule has 19 heteroatoms. The van der Waals surface area contributed by atoms with Crippen LogP contribution in [0.5, 0.6) is 0 Å². The number of alkyl halides is 3. The number of hydrogen-bond donors (Lipinski definition) is 4. The molecule has 0 radical (unpaired) electrons. The lowest BCUT2D eigenvalue weighted by Crippen LogP contribution is -2.21. The number of unbranched alkanes of at least 4 members (excludes halogenated alkanes) is 1. The van der Waals surface area contributed by atoms with Crippen LogP contribution in [0.1, 0.15) is 46.0 Å². The van der Waals surface area contributed by atoms with Crippen LogP contribution in [0.15, 0.2) is 132 Å². The van der Waals surface area contributed by atoms with Gasteiger partial charge in [0.2, 0.25) is 10.0 Å². The quantitative estimate of drug-likeness (QED) is 0.0977. The summed E-state index contributed by atoms with van der Waals surface area (Å²) in [5.41, 5.74) is 0.376. The van der Waals surface area contributed by atoms with Crippen LogP contribution < -0.4 is 20.1 Å². The number of nitrogens with one attached hydrogen (secondary N) is 4. The highest BCUT2D eigenvalue weighted by Gasteiger charge is 2.32. The second kappa shape index (κ2) is 19.6. The van der Waals surface area contributed by atoms with E-state index in [4.69, 9.17) is 0 Å². The van der Waals surface area contributed by atoms with Gasteiger partial charge < -0.3 is 10.6 Å². The van der Waals surface area contributed by atoms with E-state index in [1.165, 1.54) is 18.2 Å². The fraction of sp³-hybridized carbons (Fsp3) is 0.135. The molecule has 0 saturated heterocycles. The molecule has 0 spiro atoms. The van der Waals surface area contributed by atoms with Crippen molar-refractivity contribution in [2.45, 2.75) is 30.8 Å². The zero-order valence-corrected chi connectivity index (χ0v) is 36.9. The number of benzene rings is 5. The average molecular weight is 1070 g/mol. The van der Waals surface area contributed by atoms with Crippen LogP contribution in [-0.4, -0.2) is 34.4 Å². The number of hydrogen-bond acceptors (Lipinski definition) is 6. The summed E-state index contributed by atoms with van der Waals surface area (Å²) in [7, 11) is -7.91. The summed E-state index contributed by atoms with van der Waals surface area (Å²) in [5, 5.41) is 5.41. The summed E-state index contributed by atoms with van der Waals surface area (Å²) >= 11 is 13.2. The third kappa shape index (κ3) is 13.2. The molecular formula is C37H31Br4F3N4O6S2. The Morgan fingerprint density at radius 1 is 0.643 bits per heavy atom. The molecule has 0 aliphatic heterocycles. The minimum Gasteiger partial charge on any atom is -0.322 e. The van der Waals surface area contributed by atoms with Crippen molar-refractivity contribution in [1.29, 1.82) is 0 Å². The van der Waals surface area contributed by atoms with Gasteiger partial charge in [0.05, 0.1) is 38.7 Å². The van der Waals surface area contributed by atoms with Crippen LogP contribution in [0.4, 0.5) is 35.9 Å². The third-order valence-electron chi connectivity index (χ3n) is 7.43. The molecule has 5 aromatic carbocycles. The second-order valence-electron chi connectivity index (χ2n) is 11.7. The van der Waals surface area contributed by atoms with E-state index in [9.17, 15) is 39.6 Å². The zero-order chi connectivity index (χ0) is 41.3. The Morgan fingerprint density at radius 2 is 1.18 bits per heavy atom. The Kier molecular flexibility index (Phi) is 15.7. The van der Waals surface area contributed by atoms with E-state index in [1.807, 2.05) is 19.1 Å². The van der Waals surface area contributed by atoms with Crippen LogP contribution >= 0.6 is 63.7 Å². The van der Waals surface area contributed by atoms with Crippen molar-refractivity contribution in [1.82, 2.24) is 0 Å². The summed E-state index contributed by atoms with van der Waals surface area (Å²) in [6, 6.07) is 26.4. The molecule has 0 heterocycles. The molecule has 4 N–H and O–H groups in total. The van der Waals surface area contributed by atoms with Gasteiger partial charge >= 0.3 is 6.18 Å². The van der Waals surface area contributed by atoms with Crippen LogP contribution in [0.3, 0.4) is 0 Å². The predicted octanol–water partition coefficient (Wildman–Crippen LogP) is 11.3. The lowest BCUT2D eigenvalue weighted by Gasteiger charge is -2.14. The summed E-state index contributed by atoms with van der Waals surface area (Å²) in [6.45, 7) is 1.92. The molecule has 296 valence electrons. The smallest absolute Gasteiger partial charge is 0.322 e. The molecule has 0 aliphatic rings. The van der Waals surface area contributed by atoms with Gasteiger partial charge in [0.25, 0.3) is 21.8 Å². The monoisotopic (exact) mass is 1060 g/mol. The summed E-state index contributed by atoms with van der Waals surface area (Å²) in [6.07, 6.45) is -3.37. The van der Waals surface area contributed by atoms with E-state index in [1.54, 1.807) is 54.6 Å². The summed E-state index contributed by atoms with van der Waals surface area (Å²) in [5.74, 6) is -0.985. The largest absolute Gasteiger partial charge is 0.416 e. The number of sulfonamides is 2. The van der Waals surface area contributed by atoms with Crippen molar-refractivity contribution in [2.24, 2.45) is 0 Å². The van der Waals surface area contributed by atoms with Crippen molar-refractivity contribution < 1.29 is 39.6 Å². The molecule has 0 atom stereocenters. The Morgan fingerprint density at radius 3 is 1.73 bits per heavy atom. The van der Waals surface area contributed by atoms with E-state index in [0.717, 1.165) is 33.6 Å². The standard InChI is InChI=1S/C20H13Br2F3N2O3S.C17H18Br2N2O3S/c21-13-4-7-15(8-5-13)26-19(28)17-11-14(22)6-9-18(17)27-31(29,30)16-3-1-2-12(10-16)20(23,24)25;1-2-3-11-25(23,24)21-16-14(5-4-6-15(16)19)17(22)20-13-9-7-12(18)8-10-13/h1-11,27H,(H,26,28);4-10,21H,2-3,11H2,1H3,(H,20,22). The minimum absolute atomic E-state index is 0.0125. The van der Waals surface area contributed by atoms with Gasteiger partial charge in [-0.25, -0.2) is 16.8 Å². The molecule has 56 heavy (non-hydrogen) atoms. The van der Waals surface area contributed by atoms with E-state index >= 15 is 0 Å². The maximum Gasteiger partial charge on any atom is 0.416 e. The van der Waals surface area contributed by atoms with E-state index in [0.29, 0.717) is 32.8 Å². The highest BCUT2D eigenvalue weighted by atomic mass is 79.9. The number of anilines is 4. The highest BCUT2D eigenvalue weighted by Crippen LogP contribution is 2.32. The number of amides is 2. The van der Waals surface area contributed by atoms with E-state index < -0.39 is 48.5 Å². The van der Waals surface area contributed by atoms with Gasteiger partial charge in [-0.15, -0.1) is 0 Å². The molecular weight excluding hydrogens is 1040 g/mol. The van der Waals surface area contributed by atoms with Crippen molar-refractivity contribution in [3.05, 3.63) is 144 Å². The SMILES string of the molecule is CCCCS(=O)(=O)Nc1c(Br)cccc1C(=O)Nc1ccc(Br)cc1.O=C(Nc1ccc(Br)cc1)c1cc(Br)ccc1NS(=O)(=O)c1cccc(C(F)(F)F)c1. The molecule has 5 aromatic rings. The van der Waals surface area contributed by atoms with Crippen LogP contribution in [0.2, 0.25) is 0 Å². The Bertz CT molecular complexity index is 2420. The Labute approximate surface area is 355 Å². The number of carbonyl (C=O) groups excluding carboxylic acids is 2. The molecule has 0 aromatic heterocycles. The third-order valence-corrected chi connectivity index (χ3v) is 12.3. The maximum absolute atomic E-state index is 13.0. The molecule has 5 rings (SSSR count). The lowest BCUT2D eigenvalue weighted by atomic mass is 10.1. The zero-order valence-electron chi connectivity index (χ0n) is 28.9. The van der Waals surface area contributed by atoms with Crippen LogP contribution in [0, 0.1) is 0 Å². The summed E-state index contributed by atoms with van der Waals surface area (Å²) in [4.78, 5) is 24.8. The highest BCUT2D eigenvalue weighted by molar-refractivity contribution is 9.11. The molecule has 0 aliphatic carbocycles. The van der Waals surface area contributed by atoms with Crippen molar-refractivity contribution in [2.75, 3.05) is 25.8 Å². The first kappa shape index (κ1) is 45.0. The molecule has 0 fully saturated rings. The molecule has 10 nitrogen and oxygen atoms in total. The topological polar surface area (TPSA) is 151 Å². The first-order chi connectivity index (χ1) is 26.3. The van der Waals surface area contributed by atoms with E-state index in [2.05, 4.69) is 83.8 Å². The molecule has 0 bridgehead atoms. The van der Waals surface area contributed by atoms with E-state index in [-0.39, 0.29) is 28.3 Å². The fourth-order valence-electron chi connectivity index (χ4n) is 4.66. The maximum atomic E-state index is 13.0. The summed E-state index contributed by atoms with van der Waals surface area (Å²) < 4.78 is 96.2. The molecule has 0 saturated carbocycles. The van der Waals surface area contributed by atoms with Gasteiger partial charge in [-0.2, -0.15) is 13.2 Å². The van der Waals surface area contributed by atoms with Gasteiger partial charge in [-0.3, -0.25) is 19.0 Å². The van der Waals surface area contributed by atoms with Gasteiger partial charge in [-0.1, -0.05) is 73.3 Å². The first-order valence-electron chi connectivity index (χ1n) is 16.2. The lowest BCUT2D eigenvalue weighted by molar-refractivity contribution is -0.137. The number of carbonyl (C=O) groups is 2. The number of rotatable bonds is 12. The molecule has 0 unspecified atom stereocenters. The Hall–Kier alpha value is -3.75. The van der Waals surface area contributed by atoms with Gasteiger partial charge in [0.1, 0.15) is 0 Å². The van der Waals surface area contributed by atoms with Crippen molar-refractivity contribution in [3.8, 4) is 0 Å². The average Bonchev–Trinajstić information content (AvgIpc) is 3.14. The molecule has 2 amide bonds. The van der Waals surface area contributed by atoms with Crippen molar-refractivity contribution in [3.63, 3.8) is 0 Å². The van der Waals surface area contributed by atoms with Gasteiger partial charge in [0, 0.05) is 29.3 Å². The fourth-order valence-corrected chi connectivity index (χ4v) is 8.57. The van der Waals surface area contributed by atoms with Crippen LogP contribution in [0.25, 0.3) is 0 Å². The van der Waals surface area contributed by atoms with Crippen molar-refractivity contribution >= 4 is 118 Å². The number of halogens is 7. The van der Waals surface area contributed by atoms with Gasteiger partial charge in [-0.05, 0) is 119 Å². The van der Waals surface area contributed by atoms with Crippen LogP contribution in [-0.2, 0) is 26.2 Å². The predicted molar refractivity (Wildman–Crippen MR) is 227 cm³/mol. The first-order valence-corrected chi connectivity index (χ1v) is 22.5. The second-order valence-corrected chi connectivity index (χ2v) is 18.8. The minimum atomic E-state index is -4.70. The van der Waals surface area contributed by atoms with Gasteiger partial charge in [0.15, 0.2) is 0 Å². The Balaban J connectivity index is 0.000000255. The number of para-hydroxylation sites is 1. The normalized spacial score (nSPS) is 11.5.